The van der Waals surface area contributed by atoms with Gasteiger partial charge in [0.15, 0.2) is 0 Å². The molecule has 0 spiro atoms. The number of hydrogen-bond acceptors (Lipinski definition) is 4. The van der Waals surface area contributed by atoms with Crippen LogP contribution >= 0.6 is 0 Å². The molecule has 0 bridgehead atoms. The summed E-state index contributed by atoms with van der Waals surface area (Å²) in [4.78, 5) is 10.0. The summed E-state index contributed by atoms with van der Waals surface area (Å²) in [5, 5.41) is 10.5. The molecule has 0 heterocycles. The Morgan fingerprint density at radius 2 is 1.88 bits per heavy atom. The summed E-state index contributed by atoms with van der Waals surface area (Å²) in [6.07, 6.45) is 0. The summed E-state index contributed by atoms with van der Waals surface area (Å²) < 4.78 is 24.7. The summed E-state index contributed by atoms with van der Waals surface area (Å²) in [5.74, 6) is 0. The molecule has 0 saturated carbocycles. The van der Waals surface area contributed by atoms with Gasteiger partial charge >= 0.3 is 0 Å². The van der Waals surface area contributed by atoms with Crippen molar-refractivity contribution in [3.8, 4) is 0 Å². The van der Waals surface area contributed by atoms with E-state index in [1.165, 1.54) is 39.2 Å². The highest BCUT2D eigenvalue weighted by Crippen LogP contribution is 2.22. The summed E-state index contributed by atoms with van der Waals surface area (Å²) in [5.41, 5.74) is 0.248. The van der Waals surface area contributed by atoms with Gasteiger partial charge in [-0.05, 0) is 18.6 Å². The molecule has 0 radical (unpaired) electrons. The molecular weight excluding hydrogens is 232 g/mol. The first kappa shape index (κ1) is 12.6. The van der Waals surface area contributed by atoms with E-state index in [0.717, 1.165) is 4.31 Å². The Labute approximate surface area is 93.7 Å². The van der Waals surface area contributed by atoms with Gasteiger partial charge in [-0.2, -0.15) is 0 Å². The van der Waals surface area contributed by atoms with E-state index in [1.54, 1.807) is 0 Å². The lowest BCUT2D eigenvalue weighted by atomic mass is 10.2. The normalized spacial score (nSPS) is 11.8. The summed E-state index contributed by atoms with van der Waals surface area (Å²) in [6.45, 7) is 1.53. The quantitative estimate of drug-likeness (QED) is 0.590. The molecule has 0 atom stereocenters. The lowest BCUT2D eigenvalue weighted by Crippen LogP contribution is -2.23. The number of nitro benzene ring substituents is 1. The highest BCUT2D eigenvalue weighted by Gasteiger charge is 2.21. The van der Waals surface area contributed by atoms with Gasteiger partial charge < -0.3 is 0 Å². The molecule has 1 rings (SSSR count). The first-order chi connectivity index (χ1) is 7.26. The van der Waals surface area contributed by atoms with E-state index < -0.39 is 14.9 Å². The summed E-state index contributed by atoms with van der Waals surface area (Å²) >= 11 is 0. The number of non-ortho nitro benzene ring substituents is 1. The van der Waals surface area contributed by atoms with Crippen LogP contribution in [0.25, 0.3) is 0 Å². The molecule has 16 heavy (non-hydrogen) atoms. The van der Waals surface area contributed by atoms with Gasteiger partial charge in [-0.1, -0.05) is 0 Å². The van der Waals surface area contributed by atoms with Gasteiger partial charge in [0.25, 0.3) is 5.69 Å². The summed E-state index contributed by atoms with van der Waals surface area (Å²) in [6, 6.07) is 3.68. The average Bonchev–Trinajstić information content (AvgIpc) is 2.16. The van der Waals surface area contributed by atoms with E-state index >= 15 is 0 Å². The number of rotatable bonds is 3. The van der Waals surface area contributed by atoms with Crippen molar-refractivity contribution < 1.29 is 13.3 Å². The van der Waals surface area contributed by atoms with Gasteiger partial charge in [0.05, 0.1) is 9.82 Å². The van der Waals surface area contributed by atoms with E-state index in [9.17, 15) is 18.5 Å². The molecule has 0 aliphatic rings. The largest absolute Gasteiger partial charge is 0.269 e. The molecule has 1 aromatic rings. The fraction of sp³-hybridized carbons (Fsp3) is 0.333. The van der Waals surface area contributed by atoms with Crippen LogP contribution in [0.4, 0.5) is 5.69 Å². The Balaban J connectivity index is 3.35. The van der Waals surface area contributed by atoms with Crippen molar-refractivity contribution in [2.75, 3.05) is 14.1 Å². The fourth-order valence-corrected chi connectivity index (χ4v) is 2.33. The van der Waals surface area contributed by atoms with Crippen LogP contribution in [0.3, 0.4) is 0 Å². The maximum Gasteiger partial charge on any atom is 0.269 e. The summed E-state index contributed by atoms with van der Waals surface area (Å²) in [7, 11) is -0.714. The van der Waals surface area contributed by atoms with Crippen LogP contribution in [0.5, 0.6) is 0 Å². The monoisotopic (exact) mass is 244 g/mol. The van der Waals surface area contributed by atoms with Gasteiger partial charge in [0.2, 0.25) is 10.0 Å². The SMILES string of the molecule is Cc1cc([N+](=O)[O-])ccc1S(=O)(=O)N(C)C. The van der Waals surface area contributed by atoms with Crippen LogP contribution in [-0.4, -0.2) is 31.7 Å². The fourth-order valence-electron chi connectivity index (χ4n) is 1.23. The van der Waals surface area contributed by atoms with Crippen LogP contribution in [0.15, 0.2) is 23.1 Å². The molecule has 0 saturated heterocycles. The Bertz CT molecular complexity index is 522. The smallest absolute Gasteiger partial charge is 0.258 e. The predicted octanol–water partition coefficient (Wildman–Crippen LogP) is 1.15. The van der Waals surface area contributed by atoms with Crippen molar-refractivity contribution in [2.24, 2.45) is 0 Å². The standard InChI is InChI=1S/C9H12N2O4S/c1-7-6-8(11(12)13)4-5-9(7)16(14,15)10(2)3/h4-6H,1-3H3. The molecule has 0 aromatic heterocycles. The Hall–Kier alpha value is -1.47. The number of benzene rings is 1. The van der Waals surface area contributed by atoms with Crippen molar-refractivity contribution in [1.82, 2.24) is 4.31 Å². The van der Waals surface area contributed by atoms with E-state index in [-0.39, 0.29) is 10.6 Å². The predicted molar refractivity (Wildman–Crippen MR) is 58.7 cm³/mol. The van der Waals surface area contributed by atoms with Crippen molar-refractivity contribution >= 4 is 15.7 Å². The number of sulfonamides is 1. The van der Waals surface area contributed by atoms with E-state index in [1.807, 2.05) is 0 Å². The van der Waals surface area contributed by atoms with Crippen molar-refractivity contribution in [3.05, 3.63) is 33.9 Å². The Kier molecular flexibility index (Phi) is 3.30. The van der Waals surface area contributed by atoms with Crippen LogP contribution in [0, 0.1) is 17.0 Å². The van der Waals surface area contributed by atoms with Gasteiger partial charge in [0.1, 0.15) is 0 Å². The topological polar surface area (TPSA) is 80.5 Å². The molecule has 6 nitrogen and oxygen atoms in total. The van der Waals surface area contributed by atoms with E-state index in [2.05, 4.69) is 0 Å². The molecule has 0 amide bonds. The lowest BCUT2D eigenvalue weighted by Gasteiger charge is -2.12. The highest BCUT2D eigenvalue weighted by atomic mass is 32.2. The minimum Gasteiger partial charge on any atom is -0.258 e. The molecule has 0 aliphatic heterocycles. The third-order valence-electron chi connectivity index (χ3n) is 2.13. The molecule has 0 aliphatic carbocycles. The maximum atomic E-state index is 11.8. The zero-order valence-corrected chi connectivity index (χ0v) is 9.98. The first-order valence-electron chi connectivity index (χ1n) is 4.44. The van der Waals surface area contributed by atoms with E-state index in [0.29, 0.717) is 5.56 Å². The van der Waals surface area contributed by atoms with Crippen LogP contribution in [-0.2, 0) is 10.0 Å². The van der Waals surface area contributed by atoms with Gasteiger partial charge in [-0.25, -0.2) is 12.7 Å². The van der Waals surface area contributed by atoms with Gasteiger partial charge in [-0.3, -0.25) is 10.1 Å². The van der Waals surface area contributed by atoms with Crippen LogP contribution in [0.2, 0.25) is 0 Å². The first-order valence-corrected chi connectivity index (χ1v) is 5.88. The Morgan fingerprint density at radius 3 is 2.25 bits per heavy atom. The second-order valence-electron chi connectivity index (χ2n) is 3.49. The second-order valence-corrected chi connectivity index (χ2v) is 5.61. The molecule has 0 unspecified atom stereocenters. The maximum absolute atomic E-state index is 11.8. The number of nitro groups is 1. The minimum atomic E-state index is -3.54. The molecule has 1 aromatic carbocycles. The van der Waals surface area contributed by atoms with Crippen LogP contribution < -0.4 is 0 Å². The minimum absolute atomic E-state index is 0.0862. The average molecular weight is 244 g/mol. The molecular formula is C9H12N2O4S. The van der Waals surface area contributed by atoms with Gasteiger partial charge in [0, 0.05) is 26.2 Å². The number of nitrogens with zero attached hydrogens (tertiary/aromatic N) is 2. The van der Waals surface area contributed by atoms with E-state index in [4.69, 9.17) is 0 Å². The van der Waals surface area contributed by atoms with Crippen molar-refractivity contribution in [1.29, 1.82) is 0 Å². The molecule has 88 valence electrons. The third-order valence-corrected chi connectivity index (χ3v) is 4.10. The number of hydrogen-bond donors (Lipinski definition) is 0. The highest BCUT2D eigenvalue weighted by molar-refractivity contribution is 7.89. The Morgan fingerprint density at radius 1 is 1.31 bits per heavy atom. The second kappa shape index (κ2) is 4.18. The van der Waals surface area contributed by atoms with Crippen molar-refractivity contribution in [3.63, 3.8) is 0 Å². The van der Waals surface area contributed by atoms with Gasteiger partial charge in [-0.15, -0.1) is 0 Å². The molecule has 0 fully saturated rings. The molecule has 7 heteroatoms. The van der Waals surface area contributed by atoms with Crippen LogP contribution in [0.1, 0.15) is 5.56 Å². The third kappa shape index (κ3) is 2.20. The lowest BCUT2D eigenvalue weighted by molar-refractivity contribution is -0.385. The zero-order chi connectivity index (χ0) is 12.5. The number of aryl methyl sites for hydroxylation is 1. The van der Waals surface area contributed by atoms with Crippen molar-refractivity contribution in [2.45, 2.75) is 11.8 Å². The molecule has 0 N–H and O–H groups in total. The zero-order valence-electron chi connectivity index (χ0n) is 9.17.